The number of anilines is 1. The first-order chi connectivity index (χ1) is 12.7. The largest absolute Gasteiger partial charge is 0.445 e. The van der Waals surface area contributed by atoms with E-state index in [-0.39, 0.29) is 11.7 Å². The monoisotopic (exact) mass is 465 g/mol. The van der Waals surface area contributed by atoms with E-state index < -0.39 is 16.1 Å². The smallest absolute Gasteiger partial charge is 0.409 e. The van der Waals surface area contributed by atoms with Crippen LogP contribution in [-0.2, 0) is 11.3 Å². The van der Waals surface area contributed by atoms with Crippen molar-refractivity contribution in [2.45, 2.75) is 16.6 Å². The highest BCUT2D eigenvalue weighted by atomic mass is 35.6. The molecule has 3 N–H and O–H groups in total. The van der Waals surface area contributed by atoms with Crippen LogP contribution in [0.4, 0.5) is 10.5 Å². The summed E-state index contributed by atoms with van der Waals surface area (Å²) >= 11 is 28.9. The molecule has 0 bridgehead atoms. The number of ether oxygens (including phenoxy) is 1. The number of alkyl carbamates (subject to hydrolysis) is 1. The van der Waals surface area contributed by atoms with Gasteiger partial charge in [0.25, 0.3) is 0 Å². The lowest BCUT2D eigenvalue weighted by Crippen LogP contribution is -2.56. The zero-order valence-electron chi connectivity index (χ0n) is 13.7. The van der Waals surface area contributed by atoms with Crippen molar-refractivity contribution in [3.8, 4) is 0 Å². The maximum Gasteiger partial charge on any atom is 0.409 e. The molecule has 0 aliphatic heterocycles. The summed E-state index contributed by atoms with van der Waals surface area (Å²) < 4.78 is 3.24. The van der Waals surface area contributed by atoms with Gasteiger partial charge in [-0.25, -0.2) is 4.79 Å². The molecular formula is C17H15Cl4N3O2S. The number of carbonyl (C=O) groups excluding carboxylic acids is 1. The van der Waals surface area contributed by atoms with Crippen molar-refractivity contribution >= 4 is 75.5 Å². The zero-order valence-corrected chi connectivity index (χ0v) is 17.6. The number of amides is 1. The van der Waals surface area contributed by atoms with Crippen LogP contribution in [0.25, 0.3) is 0 Å². The number of nitrogens with one attached hydrogen (secondary N) is 3. The molecule has 0 fully saturated rings. The number of alkyl halides is 3. The minimum absolute atomic E-state index is 0.0739. The van der Waals surface area contributed by atoms with Crippen LogP contribution < -0.4 is 16.0 Å². The van der Waals surface area contributed by atoms with Gasteiger partial charge >= 0.3 is 6.09 Å². The van der Waals surface area contributed by atoms with Crippen molar-refractivity contribution in [2.24, 2.45) is 0 Å². The normalized spacial score (nSPS) is 12.0. The van der Waals surface area contributed by atoms with Gasteiger partial charge in [-0.05, 0) is 36.0 Å². The molecule has 2 rings (SSSR count). The summed E-state index contributed by atoms with van der Waals surface area (Å²) in [5.74, 6) is 0. The Labute approximate surface area is 182 Å². The molecule has 1 atom stereocenters. The average Bonchev–Trinajstić information content (AvgIpc) is 2.59. The zero-order chi connectivity index (χ0) is 19.9. The minimum Gasteiger partial charge on any atom is -0.445 e. The van der Waals surface area contributed by atoms with Gasteiger partial charge in [-0.1, -0.05) is 82.8 Å². The maximum atomic E-state index is 12.0. The fourth-order valence-electron chi connectivity index (χ4n) is 1.95. The van der Waals surface area contributed by atoms with E-state index in [0.29, 0.717) is 10.7 Å². The predicted molar refractivity (Wildman–Crippen MR) is 115 cm³/mol. The second-order valence-corrected chi connectivity index (χ2v) is 8.50. The van der Waals surface area contributed by atoms with E-state index in [1.165, 1.54) is 0 Å². The van der Waals surface area contributed by atoms with Gasteiger partial charge in [-0.2, -0.15) is 0 Å². The first-order valence-corrected chi connectivity index (χ1v) is 9.53. The SMILES string of the molecule is O=C(N[C@@H](NC(=S)Nc1cccc(Cl)c1)C(Cl)(Cl)Cl)OCc1ccccc1. The van der Waals surface area contributed by atoms with Crippen LogP contribution in [0.5, 0.6) is 0 Å². The Kier molecular flexibility index (Phi) is 8.26. The van der Waals surface area contributed by atoms with E-state index in [2.05, 4.69) is 16.0 Å². The Balaban J connectivity index is 1.92. The van der Waals surface area contributed by atoms with E-state index in [0.717, 1.165) is 5.56 Å². The predicted octanol–water partition coefficient (Wildman–Crippen LogP) is 5.25. The molecule has 0 unspecified atom stereocenters. The second-order valence-electron chi connectivity index (χ2n) is 5.29. The Morgan fingerprint density at radius 1 is 1.07 bits per heavy atom. The summed E-state index contributed by atoms with van der Waals surface area (Å²) in [5.41, 5.74) is 1.46. The van der Waals surface area contributed by atoms with Crippen LogP contribution in [0.3, 0.4) is 0 Å². The van der Waals surface area contributed by atoms with Gasteiger partial charge in [0, 0.05) is 10.7 Å². The molecular weight excluding hydrogens is 452 g/mol. The molecule has 27 heavy (non-hydrogen) atoms. The van der Waals surface area contributed by atoms with Crippen molar-refractivity contribution in [3.63, 3.8) is 0 Å². The van der Waals surface area contributed by atoms with Crippen molar-refractivity contribution in [1.82, 2.24) is 10.6 Å². The molecule has 0 saturated heterocycles. The highest BCUT2D eigenvalue weighted by molar-refractivity contribution is 7.80. The summed E-state index contributed by atoms with van der Waals surface area (Å²) in [7, 11) is 0. The number of rotatable bonds is 5. The van der Waals surface area contributed by atoms with Crippen LogP contribution in [0.1, 0.15) is 5.56 Å². The first kappa shape index (κ1) is 21.9. The molecule has 0 spiro atoms. The van der Waals surface area contributed by atoms with Crippen molar-refractivity contribution in [3.05, 3.63) is 65.2 Å². The molecule has 0 saturated carbocycles. The van der Waals surface area contributed by atoms with Crippen LogP contribution >= 0.6 is 58.6 Å². The Bertz CT molecular complexity index is 787. The number of hydrogen-bond donors (Lipinski definition) is 3. The Morgan fingerprint density at radius 2 is 1.78 bits per heavy atom. The lowest BCUT2D eigenvalue weighted by molar-refractivity contribution is 0.135. The lowest BCUT2D eigenvalue weighted by Gasteiger charge is -2.27. The molecule has 0 aromatic heterocycles. The summed E-state index contributed by atoms with van der Waals surface area (Å²) in [4.78, 5) is 12.0. The topological polar surface area (TPSA) is 62.4 Å². The molecule has 2 aromatic carbocycles. The summed E-state index contributed by atoms with van der Waals surface area (Å²) in [5, 5.41) is 8.69. The molecule has 1 amide bonds. The summed E-state index contributed by atoms with van der Waals surface area (Å²) in [6.07, 6.45) is -1.90. The van der Waals surface area contributed by atoms with E-state index in [4.69, 9.17) is 63.4 Å². The number of carbonyl (C=O) groups is 1. The van der Waals surface area contributed by atoms with E-state index in [9.17, 15) is 4.79 Å². The molecule has 0 radical (unpaired) electrons. The van der Waals surface area contributed by atoms with Gasteiger partial charge in [-0.3, -0.25) is 5.32 Å². The van der Waals surface area contributed by atoms with Gasteiger partial charge in [-0.15, -0.1) is 0 Å². The minimum atomic E-state index is -1.88. The maximum absolute atomic E-state index is 12.0. The van der Waals surface area contributed by atoms with Gasteiger partial charge < -0.3 is 15.4 Å². The molecule has 2 aromatic rings. The van der Waals surface area contributed by atoms with Gasteiger partial charge in [0.15, 0.2) is 11.3 Å². The van der Waals surface area contributed by atoms with E-state index >= 15 is 0 Å². The van der Waals surface area contributed by atoms with Crippen molar-refractivity contribution in [1.29, 1.82) is 0 Å². The first-order valence-electron chi connectivity index (χ1n) is 7.61. The van der Waals surface area contributed by atoms with Crippen LogP contribution in [-0.4, -0.2) is 21.2 Å². The van der Waals surface area contributed by atoms with E-state index in [1.807, 2.05) is 30.3 Å². The summed E-state index contributed by atoms with van der Waals surface area (Å²) in [6.45, 7) is 0.0739. The average molecular weight is 467 g/mol. The fourth-order valence-corrected chi connectivity index (χ4v) is 2.70. The molecule has 144 valence electrons. The number of benzene rings is 2. The fraction of sp³-hybridized carbons (Fsp3) is 0.176. The molecule has 0 aliphatic carbocycles. The Hall–Kier alpha value is -1.44. The lowest BCUT2D eigenvalue weighted by atomic mass is 10.2. The molecule has 10 heteroatoms. The van der Waals surface area contributed by atoms with Gasteiger partial charge in [0.1, 0.15) is 6.61 Å². The third-order valence-corrected chi connectivity index (χ3v) is 4.27. The second kappa shape index (κ2) is 10.2. The van der Waals surface area contributed by atoms with Gasteiger partial charge in [0.2, 0.25) is 3.79 Å². The summed E-state index contributed by atoms with van der Waals surface area (Å²) in [6, 6.07) is 16.1. The molecule has 0 aliphatic rings. The third kappa shape index (κ3) is 7.99. The quantitative estimate of drug-likeness (QED) is 0.319. The highest BCUT2D eigenvalue weighted by Gasteiger charge is 2.35. The highest BCUT2D eigenvalue weighted by Crippen LogP contribution is 2.29. The standard InChI is InChI=1S/C17H15Cl4N3O2S/c18-12-7-4-8-13(9-12)22-15(27)23-14(17(19,20)21)24-16(25)26-10-11-5-2-1-3-6-11/h1-9,14H,10H2,(H,24,25)(H2,22,23,27)/t14-/m1/s1. The van der Waals surface area contributed by atoms with Crippen LogP contribution in [0, 0.1) is 0 Å². The Morgan fingerprint density at radius 3 is 2.41 bits per heavy atom. The van der Waals surface area contributed by atoms with Crippen molar-refractivity contribution in [2.75, 3.05) is 5.32 Å². The number of hydrogen-bond acceptors (Lipinski definition) is 3. The molecule has 5 nitrogen and oxygen atoms in total. The van der Waals surface area contributed by atoms with Crippen LogP contribution in [0.2, 0.25) is 5.02 Å². The van der Waals surface area contributed by atoms with Crippen LogP contribution in [0.15, 0.2) is 54.6 Å². The van der Waals surface area contributed by atoms with Gasteiger partial charge in [0.05, 0.1) is 0 Å². The van der Waals surface area contributed by atoms with E-state index in [1.54, 1.807) is 24.3 Å². The third-order valence-electron chi connectivity index (χ3n) is 3.16. The molecule has 0 heterocycles. The number of halogens is 4. The van der Waals surface area contributed by atoms with Crippen molar-refractivity contribution < 1.29 is 9.53 Å². The number of thiocarbonyl (C=S) groups is 1.